The van der Waals surface area contributed by atoms with E-state index in [1.54, 1.807) is 28.4 Å². The Hall–Kier alpha value is -1.95. The zero-order valence-corrected chi connectivity index (χ0v) is 10.9. The summed E-state index contributed by atoms with van der Waals surface area (Å²) < 4.78 is 28.0. The van der Waals surface area contributed by atoms with Crippen LogP contribution in [0.25, 0.3) is 0 Å². The third kappa shape index (κ3) is 2.51. The van der Waals surface area contributed by atoms with Crippen LogP contribution in [0.15, 0.2) is 49.1 Å². The minimum absolute atomic E-state index is 0.0357. The Morgan fingerprint density at radius 3 is 2.70 bits per heavy atom. The van der Waals surface area contributed by atoms with E-state index in [-0.39, 0.29) is 12.6 Å². The monoisotopic (exact) mass is 278 g/mol. The van der Waals surface area contributed by atoms with Crippen molar-refractivity contribution in [2.75, 3.05) is 18.1 Å². The lowest BCUT2D eigenvalue weighted by Gasteiger charge is -2.41. The van der Waals surface area contributed by atoms with Crippen molar-refractivity contribution >= 4 is 0 Å². The lowest BCUT2D eigenvalue weighted by Crippen LogP contribution is -2.59. The average molecular weight is 278 g/mol. The molecule has 20 heavy (non-hydrogen) atoms. The number of aromatic nitrogens is 2. The fraction of sp³-hybridized carbons (Fsp3) is 0.357. The van der Waals surface area contributed by atoms with Gasteiger partial charge in [-0.2, -0.15) is 0 Å². The van der Waals surface area contributed by atoms with Crippen molar-refractivity contribution in [2.24, 2.45) is 0 Å². The molecule has 4 nitrogen and oxygen atoms in total. The van der Waals surface area contributed by atoms with Gasteiger partial charge < -0.3 is 5.32 Å². The molecule has 1 aromatic carbocycles. The smallest absolute Gasteiger partial charge is 0.261 e. The van der Waals surface area contributed by atoms with Crippen molar-refractivity contribution in [3.05, 3.63) is 54.6 Å². The number of hydrogen-bond acceptors (Lipinski definition) is 3. The summed E-state index contributed by atoms with van der Waals surface area (Å²) in [6.07, 6.45) is 2.45. The Balaban J connectivity index is 1.83. The fourth-order valence-electron chi connectivity index (χ4n) is 2.55. The molecule has 1 fully saturated rings. The third-order valence-electron chi connectivity index (χ3n) is 3.61. The van der Waals surface area contributed by atoms with E-state index in [0.717, 1.165) is 5.56 Å². The van der Waals surface area contributed by atoms with Gasteiger partial charge in [0, 0.05) is 18.9 Å². The maximum absolute atomic E-state index is 13.2. The quantitative estimate of drug-likeness (QED) is 0.929. The Labute approximate surface area is 116 Å². The maximum atomic E-state index is 13.2. The maximum Gasteiger partial charge on any atom is 0.261 e. The van der Waals surface area contributed by atoms with Crippen LogP contribution in [0.1, 0.15) is 11.6 Å². The van der Waals surface area contributed by atoms with Gasteiger partial charge in [0.25, 0.3) is 6.43 Å². The van der Waals surface area contributed by atoms with E-state index in [4.69, 9.17) is 0 Å². The number of rotatable bonds is 3. The molecule has 0 radical (unpaired) electrons. The molecule has 1 aromatic heterocycles. The number of nitrogens with one attached hydrogen (secondary N) is 1. The molecule has 2 atom stereocenters. The van der Waals surface area contributed by atoms with E-state index < -0.39 is 12.5 Å². The van der Waals surface area contributed by atoms with E-state index in [1.807, 2.05) is 30.3 Å². The number of nitrogens with zero attached hydrogens (tertiary/aromatic N) is 3. The van der Waals surface area contributed by atoms with E-state index in [9.17, 15) is 8.78 Å². The number of benzene rings is 1. The molecule has 0 bridgehead atoms. The van der Waals surface area contributed by atoms with E-state index in [0.29, 0.717) is 6.54 Å². The molecule has 106 valence electrons. The van der Waals surface area contributed by atoms with Crippen LogP contribution in [0.2, 0.25) is 0 Å². The SMILES string of the molecule is FC(F)C1CNC(c2ccccc2)CN1n1ccnc1. The second-order valence-corrected chi connectivity index (χ2v) is 4.84. The number of piperazine rings is 1. The first-order chi connectivity index (χ1) is 9.75. The highest BCUT2D eigenvalue weighted by Gasteiger charge is 2.34. The summed E-state index contributed by atoms with van der Waals surface area (Å²) in [6.45, 7) is 0.727. The Morgan fingerprint density at radius 2 is 2.05 bits per heavy atom. The predicted octanol–water partition coefficient (Wildman–Crippen LogP) is 1.80. The molecule has 0 spiro atoms. The summed E-state index contributed by atoms with van der Waals surface area (Å²) in [5.74, 6) is 0. The molecule has 1 saturated heterocycles. The zero-order valence-electron chi connectivity index (χ0n) is 10.9. The standard InChI is InChI=1S/C14H16F2N4/c15-14(16)13-8-18-12(11-4-2-1-3-5-11)9-20(13)19-7-6-17-10-19/h1-7,10,12-14,18H,8-9H2. The molecule has 6 heteroatoms. The summed E-state index contributed by atoms with van der Waals surface area (Å²) in [5, 5.41) is 4.88. The van der Waals surface area contributed by atoms with E-state index in [2.05, 4.69) is 10.3 Å². The predicted molar refractivity (Wildman–Crippen MR) is 72.3 cm³/mol. The topological polar surface area (TPSA) is 33.1 Å². The lowest BCUT2D eigenvalue weighted by atomic mass is 10.0. The van der Waals surface area contributed by atoms with Crippen LogP contribution >= 0.6 is 0 Å². The zero-order chi connectivity index (χ0) is 13.9. The lowest BCUT2D eigenvalue weighted by molar-refractivity contribution is 0.0875. The Kier molecular flexibility index (Phi) is 3.64. The van der Waals surface area contributed by atoms with Gasteiger partial charge in [-0.25, -0.2) is 13.8 Å². The number of imidazole rings is 1. The molecule has 2 unspecified atom stereocenters. The fourth-order valence-corrected chi connectivity index (χ4v) is 2.55. The van der Waals surface area contributed by atoms with Gasteiger partial charge in [0.05, 0.1) is 12.6 Å². The van der Waals surface area contributed by atoms with Crippen LogP contribution in [0, 0.1) is 0 Å². The minimum Gasteiger partial charge on any atom is -0.306 e. The van der Waals surface area contributed by atoms with Gasteiger partial charge in [-0.3, -0.25) is 9.69 Å². The van der Waals surface area contributed by atoms with Gasteiger partial charge >= 0.3 is 0 Å². The second-order valence-electron chi connectivity index (χ2n) is 4.84. The van der Waals surface area contributed by atoms with Crippen molar-refractivity contribution in [2.45, 2.75) is 18.5 Å². The first kappa shape index (κ1) is 13.1. The van der Waals surface area contributed by atoms with Crippen molar-refractivity contribution in [1.82, 2.24) is 15.0 Å². The van der Waals surface area contributed by atoms with Crippen molar-refractivity contribution in [3.63, 3.8) is 0 Å². The summed E-state index contributed by atoms with van der Waals surface area (Å²) in [5.41, 5.74) is 1.10. The molecule has 2 aromatic rings. The van der Waals surface area contributed by atoms with Gasteiger partial charge in [-0.05, 0) is 5.56 Å². The molecule has 1 aliphatic rings. The number of hydrogen-bond donors (Lipinski definition) is 1. The van der Waals surface area contributed by atoms with Crippen LogP contribution < -0.4 is 10.3 Å². The van der Waals surface area contributed by atoms with Crippen LogP contribution in [0.3, 0.4) is 0 Å². The summed E-state index contributed by atoms with van der Waals surface area (Å²) in [4.78, 5) is 3.94. The third-order valence-corrected chi connectivity index (χ3v) is 3.61. The van der Waals surface area contributed by atoms with Crippen LogP contribution in [-0.2, 0) is 0 Å². The molecule has 3 rings (SSSR count). The van der Waals surface area contributed by atoms with Crippen LogP contribution in [0.5, 0.6) is 0 Å². The van der Waals surface area contributed by atoms with Gasteiger partial charge in [0.1, 0.15) is 12.4 Å². The highest BCUT2D eigenvalue weighted by Crippen LogP contribution is 2.21. The highest BCUT2D eigenvalue weighted by molar-refractivity contribution is 5.22. The van der Waals surface area contributed by atoms with Crippen LogP contribution in [-0.4, -0.2) is 35.2 Å². The largest absolute Gasteiger partial charge is 0.306 e. The van der Waals surface area contributed by atoms with E-state index >= 15 is 0 Å². The average Bonchev–Trinajstić information content (AvgIpc) is 3.01. The van der Waals surface area contributed by atoms with E-state index in [1.165, 1.54) is 0 Å². The van der Waals surface area contributed by atoms with Gasteiger partial charge in [0.2, 0.25) is 0 Å². The normalized spacial score (nSPS) is 23.2. The molecule has 0 amide bonds. The molecular formula is C14H16F2N4. The number of alkyl halides is 2. The van der Waals surface area contributed by atoms with Crippen molar-refractivity contribution in [3.8, 4) is 0 Å². The Bertz CT molecular complexity index is 529. The van der Waals surface area contributed by atoms with Crippen molar-refractivity contribution in [1.29, 1.82) is 0 Å². The molecule has 1 N–H and O–H groups in total. The molecule has 0 saturated carbocycles. The molecular weight excluding hydrogens is 262 g/mol. The summed E-state index contributed by atoms with van der Waals surface area (Å²) in [7, 11) is 0. The van der Waals surface area contributed by atoms with Gasteiger partial charge in [-0.15, -0.1) is 0 Å². The van der Waals surface area contributed by atoms with Crippen LogP contribution in [0.4, 0.5) is 8.78 Å². The van der Waals surface area contributed by atoms with Gasteiger partial charge in [0.15, 0.2) is 0 Å². The first-order valence-corrected chi connectivity index (χ1v) is 6.57. The second kappa shape index (κ2) is 5.58. The summed E-state index contributed by atoms with van der Waals surface area (Å²) >= 11 is 0. The Morgan fingerprint density at radius 1 is 1.25 bits per heavy atom. The highest BCUT2D eigenvalue weighted by atomic mass is 19.3. The van der Waals surface area contributed by atoms with Gasteiger partial charge in [-0.1, -0.05) is 30.3 Å². The molecule has 2 heterocycles. The van der Waals surface area contributed by atoms with Crippen molar-refractivity contribution < 1.29 is 8.78 Å². The molecule has 1 aliphatic heterocycles. The molecule has 0 aliphatic carbocycles. The first-order valence-electron chi connectivity index (χ1n) is 6.57. The minimum atomic E-state index is -2.40. The summed E-state index contributed by atoms with van der Waals surface area (Å²) in [6, 6.07) is 9.06. The number of halogens is 2.